The summed E-state index contributed by atoms with van der Waals surface area (Å²) in [6.45, 7) is 2.49. The molecule has 1 fully saturated rings. The van der Waals surface area contributed by atoms with Crippen LogP contribution in [0.5, 0.6) is 0 Å². The fourth-order valence-electron chi connectivity index (χ4n) is 3.35. The molecular weight excluding hydrogens is 222 g/mol. The third-order valence-corrected chi connectivity index (χ3v) is 4.67. The Morgan fingerprint density at radius 3 is 2.56 bits per heavy atom. The van der Waals surface area contributed by atoms with Crippen molar-refractivity contribution in [1.82, 2.24) is 9.88 Å². The van der Waals surface area contributed by atoms with Crippen molar-refractivity contribution in [3.8, 4) is 0 Å². The van der Waals surface area contributed by atoms with E-state index in [0.29, 0.717) is 5.41 Å². The van der Waals surface area contributed by atoms with Crippen molar-refractivity contribution < 1.29 is 0 Å². The second-order valence-electron chi connectivity index (χ2n) is 6.33. The lowest BCUT2D eigenvalue weighted by Gasteiger charge is -2.37. The Labute approximate surface area is 110 Å². The number of anilines is 1. The van der Waals surface area contributed by atoms with Crippen LogP contribution in [0.4, 0.5) is 5.82 Å². The Morgan fingerprint density at radius 1 is 1.17 bits per heavy atom. The zero-order chi connectivity index (χ0) is 12.8. The Morgan fingerprint density at radius 2 is 1.89 bits per heavy atom. The van der Waals surface area contributed by atoms with Crippen molar-refractivity contribution in [3.05, 3.63) is 23.4 Å². The topological polar surface area (TPSA) is 19.4 Å². The molecule has 0 radical (unpaired) electrons. The van der Waals surface area contributed by atoms with Crippen LogP contribution in [0.2, 0.25) is 0 Å². The molecule has 0 bridgehead atoms. The maximum atomic E-state index is 4.83. The summed E-state index contributed by atoms with van der Waals surface area (Å²) in [6, 6.07) is 4.46. The Kier molecular flexibility index (Phi) is 2.81. The second kappa shape index (κ2) is 4.23. The van der Waals surface area contributed by atoms with E-state index in [-0.39, 0.29) is 0 Å². The zero-order valence-corrected chi connectivity index (χ0v) is 11.7. The van der Waals surface area contributed by atoms with E-state index >= 15 is 0 Å². The van der Waals surface area contributed by atoms with Gasteiger partial charge in [0.25, 0.3) is 0 Å². The van der Waals surface area contributed by atoms with Crippen LogP contribution < -0.4 is 4.90 Å². The fourth-order valence-corrected chi connectivity index (χ4v) is 3.35. The van der Waals surface area contributed by atoms with Gasteiger partial charge < -0.3 is 9.80 Å². The molecule has 1 aliphatic heterocycles. The van der Waals surface area contributed by atoms with Gasteiger partial charge in [-0.2, -0.15) is 0 Å². The number of fused-ring (bicyclic) bond motifs is 1. The summed E-state index contributed by atoms with van der Waals surface area (Å²) in [6.07, 6.45) is 5.10. The first kappa shape index (κ1) is 12.0. The molecule has 0 unspecified atom stereocenters. The highest BCUT2D eigenvalue weighted by Crippen LogP contribution is 2.44. The number of nitrogens with zero attached hydrogens (tertiary/aromatic N) is 3. The summed E-state index contributed by atoms with van der Waals surface area (Å²) in [5.74, 6) is 1.10. The van der Waals surface area contributed by atoms with Gasteiger partial charge in [0.05, 0.1) is 0 Å². The van der Waals surface area contributed by atoms with Gasteiger partial charge in [-0.05, 0) is 62.9 Å². The Hall–Kier alpha value is -1.09. The average Bonchev–Trinajstić information content (AvgIpc) is 2.70. The van der Waals surface area contributed by atoms with Crippen LogP contribution in [0.25, 0.3) is 0 Å². The number of hydrogen-bond acceptors (Lipinski definition) is 3. The number of rotatable bonds is 1. The van der Waals surface area contributed by atoms with Gasteiger partial charge in [-0.25, -0.2) is 4.98 Å². The molecule has 0 N–H and O–H groups in total. The van der Waals surface area contributed by atoms with Crippen molar-refractivity contribution >= 4 is 5.82 Å². The summed E-state index contributed by atoms with van der Waals surface area (Å²) in [4.78, 5) is 9.38. The van der Waals surface area contributed by atoms with Gasteiger partial charge in [-0.3, -0.25) is 0 Å². The fraction of sp³-hybridized carbons (Fsp3) is 0.667. The minimum atomic E-state index is 0.521. The molecule has 1 aromatic rings. The molecule has 0 aromatic carbocycles. The Balaban J connectivity index is 1.82. The third-order valence-electron chi connectivity index (χ3n) is 4.67. The van der Waals surface area contributed by atoms with E-state index in [1.54, 1.807) is 0 Å². The molecule has 18 heavy (non-hydrogen) atoms. The third kappa shape index (κ3) is 2.01. The molecular formula is C15H23N3. The highest BCUT2D eigenvalue weighted by molar-refractivity contribution is 5.42. The van der Waals surface area contributed by atoms with Gasteiger partial charge in [0.1, 0.15) is 5.82 Å². The maximum Gasteiger partial charge on any atom is 0.128 e. The molecule has 2 heterocycles. The Bertz CT molecular complexity index is 445. The van der Waals surface area contributed by atoms with Crippen molar-refractivity contribution in [1.29, 1.82) is 0 Å². The molecule has 0 amide bonds. The van der Waals surface area contributed by atoms with Crippen molar-refractivity contribution in [2.75, 3.05) is 39.1 Å². The lowest BCUT2D eigenvalue weighted by Crippen LogP contribution is -2.38. The molecule has 0 atom stereocenters. The smallest absolute Gasteiger partial charge is 0.128 e. The van der Waals surface area contributed by atoms with Crippen molar-refractivity contribution in [2.24, 2.45) is 5.41 Å². The molecule has 3 heteroatoms. The van der Waals surface area contributed by atoms with E-state index in [9.17, 15) is 0 Å². The normalized spacial score (nSPS) is 22.2. The monoisotopic (exact) mass is 245 g/mol. The number of likely N-dealkylation sites (tertiary alicyclic amines) is 1. The van der Waals surface area contributed by atoms with Gasteiger partial charge in [-0.15, -0.1) is 0 Å². The van der Waals surface area contributed by atoms with Crippen LogP contribution in [-0.4, -0.2) is 44.1 Å². The second-order valence-corrected chi connectivity index (χ2v) is 6.33. The van der Waals surface area contributed by atoms with Crippen LogP contribution in [0, 0.1) is 5.41 Å². The van der Waals surface area contributed by atoms with Gasteiger partial charge in [0, 0.05) is 19.8 Å². The predicted octanol–water partition coefficient (Wildman–Crippen LogP) is 1.96. The van der Waals surface area contributed by atoms with Crippen LogP contribution in [0.1, 0.15) is 24.1 Å². The summed E-state index contributed by atoms with van der Waals surface area (Å²) in [5, 5.41) is 0. The molecule has 2 aliphatic rings. The van der Waals surface area contributed by atoms with E-state index in [0.717, 1.165) is 5.82 Å². The lowest BCUT2D eigenvalue weighted by atomic mass is 9.76. The molecule has 98 valence electrons. The summed E-state index contributed by atoms with van der Waals surface area (Å²) in [7, 11) is 6.36. The van der Waals surface area contributed by atoms with E-state index in [4.69, 9.17) is 4.98 Å². The van der Waals surface area contributed by atoms with E-state index < -0.39 is 0 Å². The average molecular weight is 245 g/mol. The minimum Gasteiger partial charge on any atom is -0.363 e. The highest BCUT2D eigenvalue weighted by atomic mass is 15.1. The van der Waals surface area contributed by atoms with Crippen LogP contribution >= 0.6 is 0 Å². The summed E-state index contributed by atoms with van der Waals surface area (Å²) >= 11 is 0. The quantitative estimate of drug-likeness (QED) is 0.754. The molecule has 3 rings (SSSR count). The summed E-state index contributed by atoms with van der Waals surface area (Å²) < 4.78 is 0. The van der Waals surface area contributed by atoms with Crippen molar-refractivity contribution in [2.45, 2.75) is 25.7 Å². The standard InChI is InChI=1S/C15H23N3/c1-17(2)14-5-4-12-10-15(11-13(12)16-14)6-8-18(3)9-7-15/h4-5H,6-11H2,1-3H3. The van der Waals surface area contributed by atoms with E-state index in [2.05, 4.69) is 43.1 Å². The largest absolute Gasteiger partial charge is 0.363 e. The first-order chi connectivity index (χ1) is 8.58. The van der Waals surface area contributed by atoms with Crippen LogP contribution in [0.15, 0.2) is 12.1 Å². The molecule has 3 nitrogen and oxygen atoms in total. The van der Waals surface area contributed by atoms with Gasteiger partial charge in [0.2, 0.25) is 0 Å². The minimum absolute atomic E-state index is 0.521. The van der Waals surface area contributed by atoms with E-state index in [1.165, 1.54) is 50.0 Å². The van der Waals surface area contributed by atoms with Gasteiger partial charge >= 0.3 is 0 Å². The van der Waals surface area contributed by atoms with Crippen LogP contribution in [-0.2, 0) is 12.8 Å². The number of pyridine rings is 1. The lowest BCUT2D eigenvalue weighted by molar-refractivity contribution is 0.131. The van der Waals surface area contributed by atoms with Gasteiger partial charge in [-0.1, -0.05) is 6.07 Å². The number of piperidine rings is 1. The molecule has 1 aromatic heterocycles. The highest BCUT2D eigenvalue weighted by Gasteiger charge is 2.39. The molecule has 1 spiro atoms. The number of hydrogen-bond donors (Lipinski definition) is 0. The maximum absolute atomic E-state index is 4.83. The first-order valence-corrected chi connectivity index (χ1v) is 6.93. The first-order valence-electron chi connectivity index (χ1n) is 6.93. The molecule has 0 saturated carbocycles. The molecule has 1 aliphatic carbocycles. The van der Waals surface area contributed by atoms with Crippen molar-refractivity contribution in [3.63, 3.8) is 0 Å². The SMILES string of the molecule is CN1CCC2(CC1)Cc1ccc(N(C)C)nc1C2. The summed E-state index contributed by atoms with van der Waals surface area (Å²) in [5.41, 5.74) is 3.36. The molecule has 1 saturated heterocycles. The number of aromatic nitrogens is 1. The van der Waals surface area contributed by atoms with E-state index in [1.807, 2.05) is 0 Å². The zero-order valence-electron chi connectivity index (χ0n) is 11.7. The predicted molar refractivity (Wildman–Crippen MR) is 75.1 cm³/mol. The van der Waals surface area contributed by atoms with Crippen LogP contribution in [0.3, 0.4) is 0 Å². The van der Waals surface area contributed by atoms with Gasteiger partial charge in [0.15, 0.2) is 0 Å².